The molecule has 0 aliphatic carbocycles. The number of nitrogens with zero attached hydrogens (tertiary/aromatic N) is 2. The van der Waals surface area contributed by atoms with Crippen LogP contribution in [0.4, 0.5) is 5.69 Å². The molecule has 3 aromatic rings. The van der Waals surface area contributed by atoms with Gasteiger partial charge in [0, 0.05) is 17.0 Å². The molecule has 34 heavy (non-hydrogen) atoms. The minimum Gasteiger partial charge on any atom is -0.497 e. The fourth-order valence-electron chi connectivity index (χ4n) is 3.28. The zero-order valence-electron chi connectivity index (χ0n) is 19.3. The van der Waals surface area contributed by atoms with Crippen molar-refractivity contribution in [2.75, 3.05) is 12.8 Å². The van der Waals surface area contributed by atoms with Crippen molar-refractivity contribution in [1.82, 2.24) is 14.6 Å². The monoisotopic (exact) mass is 501 g/mol. The molecule has 2 heterocycles. The Morgan fingerprint density at radius 2 is 1.85 bits per heavy atom. The van der Waals surface area contributed by atoms with E-state index >= 15 is 0 Å². The summed E-state index contributed by atoms with van der Waals surface area (Å²) in [6.45, 7) is 5.71. The lowest BCUT2D eigenvalue weighted by atomic mass is 10.1. The predicted molar refractivity (Wildman–Crippen MR) is 133 cm³/mol. The molecule has 11 heteroatoms. The van der Waals surface area contributed by atoms with Gasteiger partial charge in [-0.2, -0.15) is 4.37 Å². The molecule has 2 aromatic heterocycles. The number of hydrogen-bond donors (Lipinski definition) is 3. The first-order chi connectivity index (χ1) is 16.0. The maximum absolute atomic E-state index is 13.8. The van der Waals surface area contributed by atoms with Gasteiger partial charge in [-0.1, -0.05) is 18.2 Å². The third kappa shape index (κ3) is 5.72. The normalized spacial score (nSPS) is 12.1. The fraction of sp³-hybridized carbons (Fsp3) is 0.304. The number of nitrogens with two attached hydrogens (primary N) is 2. The molecule has 180 valence electrons. The van der Waals surface area contributed by atoms with Crippen LogP contribution in [-0.4, -0.2) is 39.6 Å². The van der Waals surface area contributed by atoms with Gasteiger partial charge < -0.3 is 26.4 Å². The van der Waals surface area contributed by atoms with Gasteiger partial charge in [0.05, 0.1) is 12.8 Å². The molecule has 1 atom stereocenters. The second-order valence-electron chi connectivity index (χ2n) is 8.58. The van der Waals surface area contributed by atoms with Crippen LogP contribution in [-0.2, 0) is 11.3 Å². The minimum absolute atomic E-state index is 0.0485. The van der Waals surface area contributed by atoms with Crippen molar-refractivity contribution in [1.29, 1.82) is 0 Å². The van der Waals surface area contributed by atoms with Crippen LogP contribution < -0.4 is 21.5 Å². The zero-order valence-corrected chi connectivity index (χ0v) is 21.0. The number of primary amides is 1. The molecule has 3 rings (SSSR count). The summed E-state index contributed by atoms with van der Waals surface area (Å²) >= 11 is 2.15. The molecular formula is C23H27N5O4S2. The molecule has 5 N–H and O–H groups in total. The van der Waals surface area contributed by atoms with Crippen LogP contribution in [0.15, 0.2) is 41.8 Å². The Bertz CT molecular complexity index is 1170. The summed E-state index contributed by atoms with van der Waals surface area (Å²) in [5, 5.41) is 4.81. The van der Waals surface area contributed by atoms with E-state index in [1.54, 1.807) is 25.3 Å². The lowest BCUT2D eigenvalue weighted by molar-refractivity contribution is -0.127. The number of anilines is 1. The number of carbonyl (C=O) groups excluding carboxylic acids is 3. The van der Waals surface area contributed by atoms with Crippen molar-refractivity contribution in [3.8, 4) is 5.75 Å². The number of methoxy groups -OCH3 is 1. The van der Waals surface area contributed by atoms with Crippen molar-refractivity contribution in [2.24, 2.45) is 5.73 Å². The quantitative estimate of drug-likeness (QED) is 0.433. The predicted octanol–water partition coefficient (Wildman–Crippen LogP) is 3.19. The van der Waals surface area contributed by atoms with Gasteiger partial charge in [-0.25, -0.2) is 0 Å². The highest BCUT2D eigenvalue weighted by Gasteiger charge is 2.36. The van der Waals surface area contributed by atoms with Crippen molar-refractivity contribution < 1.29 is 19.1 Å². The molecule has 0 aliphatic heterocycles. The molecular weight excluding hydrogens is 474 g/mol. The van der Waals surface area contributed by atoms with Crippen molar-refractivity contribution in [3.63, 3.8) is 0 Å². The van der Waals surface area contributed by atoms with Crippen molar-refractivity contribution >= 4 is 46.3 Å². The van der Waals surface area contributed by atoms with E-state index in [0.29, 0.717) is 10.6 Å². The smallest absolute Gasteiger partial charge is 0.270 e. The summed E-state index contributed by atoms with van der Waals surface area (Å²) in [5.74, 6) is -1.02. The summed E-state index contributed by atoms with van der Waals surface area (Å²) in [5.41, 5.74) is 11.4. The Labute approximate surface area is 205 Å². The first-order valence-corrected chi connectivity index (χ1v) is 12.0. The minimum atomic E-state index is -0.938. The zero-order chi connectivity index (χ0) is 25.0. The molecule has 0 saturated heterocycles. The fourth-order valence-corrected chi connectivity index (χ4v) is 4.87. The van der Waals surface area contributed by atoms with Crippen LogP contribution >= 0.6 is 22.9 Å². The highest BCUT2D eigenvalue weighted by molar-refractivity contribution is 7.10. The average molecular weight is 502 g/mol. The van der Waals surface area contributed by atoms with E-state index in [-0.39, 0.29) is 28.7 Å². The Morgan fingerprint density at radius 1 is 1.18 bits per heavy atom. The number of rotatable bonds is 8. The maximum atomic E-state index is 13.8. The summed E-state index contributed by atoms with van der Waals surface area (Å²) in [6, 6.07) is 9.87. The number of nitrogens with one attached hydrogen (secondary N) is 1. The van der Waals surface area contributed by atoms with Crippen molar-refractivity contribution in [3.05, 3.63) is 62.8 Å². The Balaban J connectivity index is 2.10. The van der Waals surface area contributed by atoms with Gasteiger partial charge in [0.15, 0.2) is 5.69 Å². The average Bonchev–Trinajstić information content (AvgIpc) is 3.42. The molecule has 0 radical (unpaired) electrons. The van der Waals surface area contributed by atoms with E-state index in [4.69, 9.17) is 16.2 Å². The number of benzene rings is 1. The van der Waals surface area contributed by atoms with E-state index in [9.17, 15) is 14.4 Å². The number of nitrogen functional groups attached to an aromatic ring is 1. The van der Waals surface area contributed by atoms with Gasteiger partial charge in [-0.05, 0) is 61.4 Å². The van der Waals surface area contributed by atoms with E-state index in [1.807, 2.05) is 44.4 Å². The number of thiophene rings is 1. The molecule has 0 spiro atoms. The second kappa shape index (κ2) is 10.2. The Kier molecular flexibility index (Phi) is 7.57. The number of hydrogen-bond acceptors (Lipinski definition) is 8. The standard InChI is InChI=1S/C23H27N5O4S2/c1-23(2,3)26-21(30)18(15-6-5-11-33-15)28(12-13-7-9-14(32-4)10-8-13)22(31)19-16(24)17(20(25)29)27-34-19/h5-11,18H,12,24H2,1-4H3,(H2,25,29)(H,26,30). The number of ether oxygens (including phenoxy) is 1. The Hall–Kier alpha value is -3.44. The van der Waals surface area contributed by atoms with Crippen LogP contribution in [0, 0.1) is 0 Å². The van der Waals surface area contributed by atoms with Gasteiger partial charge >= 0.3 is 0 Å². The van der Waals surface area contributed by atoms with Gasteiger partial charge in [0.25, 0.3) is 11.8 Å². The lowest BCUT2D eigenvalue weighted by Gasteiger charge is -2.33. The number of carbonyl (C=O) groups is 3. The van der Waals surface area contributed by atoms with Crippen LogP contribution in [0.5, 0.6) is 5.75 Å². The largest absolute Gasteiger partial charge is 0.497 e. The Morgan fingerprint density at radius 3 is 2.35 bits per heavy atom. The summed E-state index contributed by atoms with van der Waals surface area (Å²) in [7, 11) is 1.57. The molecule has 0 bridgehead atoms. The highest BCUT2D eigenvalue weighted by Crippen LogP contribution is 2.32. The molecule has 9 nitrogen and oxygen atoms in total. The molecule has 0 aliphatic rings. The number of amides is 3. The number of aromatic nitrogens is 1. The van der Waals surface area contributed by atoms with Gasteiger partial charge in [0.2, 0.25) is 5.91 Å². The maximum Gasteiger partial charge on any atom is 0.270 e. The third-order valence-corrected chi connectivity index (χ3v) is 6.58. The highest BCUT2D eigenvalue weighted by atomic mass is 32.1. The first-order valence-electron chi connectivity index (χ1n) is 10.4. The van der Waals surface area contributed by atoms with Gasteiger partial charge in [-0.3, -0.25) is 14.4 Å². The van der Waals surface area contributed by atoms with E-state index < -0.39 is 23.4 Å². The SMILES string of the molecule is COc1ccc(CN(C(=O)c2snc(C(N)=O)c2N)C(C(=O)NC(C)(C)C)c2cccs2)cc1. The molecule has 1 aromatic carbocycles. The van der Waals surface area contributed by atoms with Crippen LogP contribution in [0.2, 0.25) is 0 Å². The third-order valence-electron chi connectivity index (χ3n) is 4.80. The summed E-state index contributed by atoms with van der Waals surface area (Å²) in [4.78, 5) is 41.1. The van der Waals surface area contributed by atoms with Gasteiger partial charge in [-0.15, -0.1) is 11.3 Å². The van der Waals surface area contributed by atoms with Crippen molar-refractivity contribution in [2.45, 2.75) is 38.9 Å². The van der Waals surface area contributed by atoms with Crippen LogP contribution in [0.3, 0.4) is 0 Å². The van der Waals surface area contributed by atoms with Gasteiger partial charge in [0.1, 0.15) is 16.7 Å². The molecule has 3 amide bonds. The second-order valence-corrected chi connectivity index (χ2v) is 10.3. The van der Waals surface area contributed by atoms with E-state index in [1.165, 1.54) is 16.2 Å². The summed E-state index contributed by atoms with van der Waals surface area (Å²) < 4.78 is 9.18. The molecule has 0 saturated carbocycles. The summed E-state index contributed by atoms with van der Waals surface area (Å²) in [6.07, 6.45) is 0. The van der Waals surface area contributed by atoms with Crippen LogP contribution in [0.25, 0.3) is 0 Å². The molecule has 0 fully saturated rings. The van der Waals surface area contributed by atoms with E-state index in [0.717, 1.165) is 17.1 Å². The lowest BCUT2D eigenvalue weighted by Crippen LogP contribution is -2.48. The molecule has 1 unspecified atom stereocenters. The topological polar surface area (TPSA) is 141 Å². The van der Waals surface area contributed by atoms with E-state index in [2.05, 4.69) is 9.69 Å². The van der Waals surface area contributed by atoms with Crippen LogP contribution in [0.1, 0.15) is 57.4 Å². The first kappa shape index (κ1) is 25.2.